The van der Waals surface area contributed by atoms with E-state index in [1.54, 1.807) is 7.11 Å². The van der Waals surface area contributed by atoms with E-state index in [0.29, 0.717) is 18.3 Å². The fourth-order valence-corrected chi connectivity index (χ4v) is 4.11. The van der Waals surface area contributed by atoms with Crippen LogP contribution in [0.4, 0.5) is 5.69 Å². The van der Waals surface area contributed by atoms with Crippen molar-refractivity contribution in [2.45, 2.75) is 32.4 Å². The second-order valence-electron chi connectivity index (χ2n) is 8.64. The van der Waals surface area contributed by atoms with Gasteiger partial charge in [-0.2, -0.15) is 10.2 Å². The predicted molar refractivity (Wildman–Crippen MR) is 115 cm³/mol. The molecule has 0 N–H and O–H groups in total. The molecule has 0 amide bonds. The van der Waals surface area contributed by atoms with E-state index in [2.05, 4.69) is 42.6 Å². The lowest BCUT2D eigenvalue weighted by Gasteiger charge is -2.34. The summed E-state index contributed by atoms with van der Waals surface area (Å²) in [5.74, 6) is 0. The van der Waals surface area contributed by atoms with E-state index in [1.807, 2.05) is 16.7 Å². The Morgan fingerprint density at radius 1 is 1.18 bits per heavy atom. The highest BCUT2D eigenvalue weighted by atomic mass is 28.3. The average Bonchev–Trinajstić information content (AvgIpc) is 3.02. The lowest BCUT2D eigenvalue weighted by atomic mass is 10.1. The first-order valence-corrected chi connectivity index (χ1v) is 13.5. The number of imidazole rings is 1. The van der Waals surface area contributed by atoms with Crippen molar-refractivity contribution in [3.05, 3.63) is 17.7 Å². The van der Waals surface area contributed by atoms with Gasteiger partial charge in [-0.1, -0.05) is 19.6 Å². The molecule has 0 radical (unpaired) electrons. The number of aromatic nitrogens is 2. The number of piperazine rings is 1. The zero-order chi connectivity index (χ0) is 20.3. The molecule has 0 aliphatic carbocycles. The highest BCUT2D eigenvalue weighted by Gasteiger charge is 2.22. The van der Waals surface area contributed by atoms with Gasteiger partial charge in [0, 0.05) is 40.9 Å². The fourth-order valence-electron chi connectivity index (χ4n) is 3.35. The Kier molecular flexibility index (Phi) is 6.28. The van der Waals surface area contributed by atoms with Gasteiger partial charge in [-0.05, 0) is 25.2 Å². The van der Waals surface area contributed by atoms with Crippen LogP contribution in [0, 0.1) is 11.3 Å². The van der Waals surface area contributed by atoms with Crippen LogP contribution in [0.25, 0.3) is 11.0 Å². The van der Waals surface area contributed by atoms with Crippen molar-refractivity contribution < 1.29 is 9.47 Å². The molecule has 3 rings (SSSR count). The summed E-state index contributed by atoms with van der Waals surface area (Å²) in [7, 11) is 2.62. The van der Waals surface area contributed by atoms with Crippen molar-refractivity contribution in [1.82, 2.24) is 14.5 Å². The Morgan fingerprint density at radius 3 is 2.50 bits per heavy atom. The fraction of sp³-hybridized carbons (Fsp3) is 0.600. The van der Waals surface area contributed by atoms with Crippen LogP contribution in [0.5, 0.6) is 6.01 Å². The van der Waals surface area contributed by atoms with Gasteiger partial charge in [0.05, 0.1) is 29.9 Å². The molecule has 2 heterocycles. The quantitative estimate of drug-likeness (QED) is 0.525. The molecule has 0 unspecified atom stereocenters. The molecule has 7 nitrogen and oxygen atoms in total. The third-order valence-corrected chi connectivity index (χ3v) is 6.88. The Labute approximate surface area is 168 Å². The maximum absolute atomic E-state index is 9.56. The van der Waals surface area contributed by atoms with Crippen LogP contribution >= 0.6 is 0 Å². The van der Waals surface area contributed by atoms with E-state index < -0.39 is 8.07 Å². The normalized spacial score (nSPS) is 15.8. The number of rotatable bonds is 7. The second-order valence-corrected chi connectivity index (χ2v) is 14.3. The van der Waals surface area contributed by atoms with Crippen molar-refractivity contribution in [3.63, 3.8) is 0 Å². The number of nitriles is 1. The van der Waals surface area contributed by atoms with Gasteiger partial charge in [-0.15, -0.1) is 0 Å². The summed E-state index contributed by atoms with van der Waals surface area (Å²) in [6.45, 7) is 11.9. The molecule has 152 valence electrons. The predicted octanol–water partition coefficient (Wildman–Crippen LogP) is 2.98. The lowest BCUT2D eigenvalue weighted by molar-refractivity contribution is 0.0837. The first kappa shape index (κ1) is 20.6. The molecule has 0 saturated carbocycles. The van der Waals surface area contributed by atoms with Crippen LogP contribution in [0.3, 0.4) is 0 Å². The molecule has 2 aromatic rings. The summed E-state index contributed by atoms with van der Waals surface area (Å²) in [6.07, 6.45) is 0. The maximum Gasteiger partial charge on any atom is 0.299 e. The number of anilines is 1. The topological polar surface area (TPSA) is 66.5 Å². The molecule has 0 atom stereocenters. The Bertz CT molecular complexity index is 860. The molecule has 1 aromatic carbocycles. The molecule has 1 saturated heterocycles. The van der Waals surface area contributed by atoms with Crippen molar-refractivity contribution in [2.75, 3.05) is 51.8 Å². The number of likely N-dealkylation sites (N-methyl/N-ethyl adjacent to an activating group) is 1. The number of hydrogen-bond acceptors (Lipinski definition) is 6. The molecule has 8 heteroatoms. The van der Waals surface area contributed by atoms with E-state index in [9.17, 15) is 5.26 Å². The molecule has 1 aliphatic rings. The molecule has 1 aliphatic heterocycles. The average molecular weight is 402 g/mol. The highest BCUT2D eigenvalue weighted by molar-refractivity contribution is 6.76. The number of ether oxygens (including phenoxy) is 2. The van der Waals surface area contributed by atoms with E-state index in [1.165, 1.54) is 0 Å². The summed E-state index contributed by atoms with van der Waals surface area (Å²) in [6, 6.07) is 7.75. The summed E-state index contributed by atoms with van der Waals surface area (Å²) in [5, 5.41) is 9.56. The zero-order valence-corrected chi connectivity index (χ0v) is 18.7. The molecule has 0 bridgehead atoms. The van der Waals surface area contributed by atoms with Gasteiger partial charge in [0.1, 0.15) is 12.2 Å². The summed E-state index contributed by atoms with van der Waals surface area (Å²) < 4.78 is 13.4. The third kappa shape index (κ3) is 4.66. The maximum atomic E-state index is 9.56. The SMILES string of the molecule is COc1nc2c(N3CCN(C)CC3)cc(C#N)cc2n1COCC[Si](C)(C)C. The van der Waals surface area contributed by atoms with Gasteiger partial charge in [0.2, 0.25) is 0 Å². The molecular formula is C20H31N5O2Si. The van der Waals surface area contributed by atoms with Gasteiger partial charge in [0.25, 0.3) is 6.01 Å². The summed E-state index contributed by atoms with van der Waals surface area (Å²) >= 11 is 0. The van der Waals surface area contributed by atoms with E-state index in [-0.39, 0.29) is 0 Å². The van der Waals surface area contributed by atoms with E-state index >= 15 is 0 Å². The van der Waals surface area contributed by atoms with Gasteiger partial charge >= 0.3 is 0 Å². The first-order chi connectivity index (χ1) is 13.3. The van der Waals surface area contributed by atoms with Crippen molar-refractivity contribution in [1.29, 1.82) is 5.26 Å². The Hall–Kier alpha value is -2.08. The molecule has 1 fully saturated rings. The van der Waals surface area contributed by atoms with Crippen LogP contribution < -0.4 is 9.64 Å². The molecule has 0 spiro atoms. The van der Waals surface area contributed by atoms with Gasteiger partial charge in [-0.3, -0.25) is 4.57 Å². The van der Waals surface area contributed by atoms with Crippen LogP contribution in [-0.2, 0) is 11.5 Å². The van der Waals surface area contributed by atoms with Crippen LogP contribution in [0.15, 0.2) is 12.1 Å². The van der Waals surface area contributed by atoms with Crippen molar-refractivity contribution in [2.24, 2.45) is 0 Å². The van der Waals surface area contributed by atoms with Gasteiger partial charge in [0.15, 0.2) is 0 Å². The molecular weight excluding hydrogens is 370 g/mol. The standard InChI is InChI=1S/C20H31N5O2Si/c1-23-6-8-24(9-7-23)17-12-16(14-21)13-18-19(17)22-20(26-2)25(18)15-27-10-11-28(3,4)5/h12-13H,6-11,15H2,1-5H3. The highest BCUT2D eigenvalue weighted by Crippen LogP contribution is 2.32. The van der Waals surface area contributed by atoms with Gasteiger partial charge in [-0.25, -0.2) is 0 Å². The Morgan fingerprint density at radius 2 is 1.89 bits per heavy atom. The Balaban J connectivity index is 1.93. The van der Waals surface area contributed by atoms with E-state index in [4.69, 9.17) is 14.5 Å². The molecule has 28 heavy (non-hydrogen) atoms. The summed E-state index contributed by atoms with van der Waals surface area (Å²) in [4.78, 5) is 9.36. The summed E-state index contributed by atoms with van der Waals surface area (Å²) in [5.41, 5.74) is 3.39. The third-order valence-electron chi connectivity index (χ3n) is 5.17. The molecule has 1 aromatic heterocycles. The largest absolute Gasteiger partial charge is 0.468 e. The minimum Gasteiger partial charge on any atom is -0.468 e. The lowest BCUT2D eigenvalue weighted by Crippen LogP contribution is -2.44. The second kappa shape index (κ2) is 8.51. The number of hydrogen-bond donors (Lipinski definition) is 0. The minimum absolute atomic E-state index is 0.376. The monoisotopic (exact) mass is 401 g/mol. The number of benzene rings is 1. The van der Waals surface area contributed by atoms with Crippen molar-refractivity contribution >= 4 is 24.8 Å². The number of nitrogens with zero attached hydrogens (tertiary/aromatic N) is 5. The zero-order valence-electron chi connectivity index (χ0n) is 17.7. The van der Waals surface area contributed by atoms with Crippen LogP contribution in [0.1, 0.15) is 5.56 Å². The number of fused-ring (bicyclic) bond motifs is 1. The van der Waals surface area contributed by atoms with Gasteiger partial charge < -0.3 is 19.3 Å². The van der Waals surface area contributed by atoms with E-state index in [0.717, 1.165) is 55.6 Å². The smallest absolute Gasteiger partial charge is 0.299 e. The van der Waals surface area contributed by atoms with Crippen LogP contribution in [-0.4, -0.2) is 69.5 Å². The van der Waals surface area contributed by atoms with Crippen molar-refractivity contribution in [3.8, 4) is 12.1 Å². The number of methoxy groups -OCH3 is 1. The van der Waals surface area contributed by atoms with Crippen LogP contribution in [0.2, 0.25) is 25.7 Å². The minimum atomic E-state index is -1.14. The first-order valence-electron chi connectivity index (χ1n) is 9.82.